The maximum absolute atomic E-state index is 13.3. The molecule has 2 nitrogen and oxygen atoms in total. The summed E-state index contributed by atoms with van der Waals surface area (Å²) in [5.41, 5.74) is 0.851. The molecule has 1 aromatic carbocycles. The quantitative estimate of drug-likeness (QED) is 0.865. The molecule has 1 unspecified atom stereocenters. The maximum Gasteiger partial charge on any atom is 0.159 e. The zero-order valence-corrected chi connectivity index (χ0v) is 12.0. The normalized spacial score (nSPS) is 18.1. The Bertz CT molecular complexity index is 419. The first-order valence-corrected chi connectivity index (χ1v) is 7.45. The van der Waals surface area contributed by atoms with Gasteiger partial charge in [0.25, 0.3) is 0 Å². The van der Waals surface area contributed by atoms with Gasteiger partial charge in [0.1, 0.15) is 0 Å². The lowest BCUT2D eigenvalue weighted by molar-refractivity contribution is 0.0537. The number of hydrogen-bond acceptors (Lipinski definition) is 2. The Labute approximate surface area is 119 Å². The van der Waals surface area contributed by atoms with Crippen LogP contribution in [0, 0.1) is 17.6 Å². The van der Waals surface area contributed by atoms with Crippen molar-refractivity contribution in [2.24, 2.45) is 5.92 Å². The van der Waals surface area contributed by atoms with E-state index in [1.807, 2.05) is 0 Å². The molecule has 0 saturated carbocycles. The van der Waals surface area contributed by atoms with Gasteiger partial charge in [0.05, 0.1) is 0 Å². The minimum absolute atomic E-state index is 0.309. The van der Waals surface area contributed by atoms with Gasteiger partial charge in [-0.15, -0.1) is 0 Å². The van der Waals surface area contributed by atoms with Crippen LogP contribution in [0.15, 0.2) is 18.2 Å². The molecule has 1 fully saturated rings. The van der Waals surface area contributed by atoms with Crippen molar-refractivity contribution in [2.45, 2.75) is 38.6 Å². The molecule has 0 amide bonds. The second-order valence-electron chi connectivity index (χ2n) is 5.46. The highest BCUT2D eigenvalue weighted by Gasteiger charge is 2.24. The van der Waals surface area contributed by atoms with Gasteiger partial charge in [0.15, 0.2) is 11.6 Å². The zero-order chi connectivity index (χ0) is 14.4. The van der Waals surface area contributed by atoms with Crippen molar-refractivity contribution in [1.82, 2.24) is 5.32 Å². The second kappa shape index (κ2) is 7.70. The first kappa shape index (κ1) is 15.4. The first-order valence-electron chi connectivity index (χ1n) is 7.45. The third kappa shape index (κ3) is 4.25. The van der Waals surface area contributed by atoms with Crippen LogP contribution in [0.2, 0.25) is 0 Å². The van der Waals surface area contributed by atoms with Gasteiger partial charge in [0, 0.05) is 19.3 Å². The Balaban J connectivity index is 2.03. The van der Waals surface area contributed by atoms with Gasteiger partial charge in [-0.2, -0.15) is 0 Å². The fourth-order valence-electron chi connectivity index (χ4n) is 2.77. The van der Waals surface area contributed by atoms with E-state index in [0.29, 0.717) is 12.0 Å². The molecule has 1 heterocycles. The van der Waals surface area contributed by atoms with Gasteiger partial charge in [-0.1, -0.05) is 13.0 Å². The van der Waals surface area contributed by atoms with Crippen molar-refractivity contribution < 1.29 is 13.5 Å². The van der Waals surface area contributed by atoms with E-state index in [2.05, 4.69) is 12.2 Å². The Hall–Kier alpha value is -1.00. The standard InChI is InChI=1S/C16H23F2NO/c1-2-7-19-16(13-5-8-20-9-6-13)11-12-3-4-14(17)15(18)10-12/h3-4,10,13,16,19H,2,5-9,11H2,1H3. The molecule has 1 aliphatic heterocycles. The van der Waals surface area contributed by atoms with Gasteiger partial charge in [-0.05, 0) is 55.8 Å². The molecule has 0 aliphatic carbocycles. The van der Waals surface area contributed by atoms with Crippen molar-refractivity contribution >= 4 is 0 Å². The predicted octanol–water partition coefficient (Wildman–Crippen LogP) is 3.30. The average molecular weight is 283 g/mol. The molecule has 0 spiro atoms. The van der Waals surface area contributed by atoms with E-state index in [1.54, 1.807) is 6.07 Å². The number of nitrogens with one attached hydrogen (secondary N) is 1. The summed E-state index contributed by atoms with van der Waals surface area (Å²) in [6.45, 7) is 4.68. The summed E-state index contributed by atoms with van der Waals surface area (Å²) in [6.07, 6.45) is 3.87. The first-order chi connectivity index (χ1) is 9.70. The van der Waals surface area contributed by atoms with Crippen LogP contribution in [0.5, 0.6) is 0 Å². The fourth-order valence-corrected chi connectivity index (χ4v) is 2.77. The molecule has 1 N–H and O–H groups in total. The molecule has 112 valence electrons. The fraction of sp³-hybridized carbons (Fsp3) is 0.625. The van der Waals surface area contributed by atoms with E-state index < -0.39 is 11.6 Å². The summed E-state index contributed by atoms with van der Waals surface area (Å²) in [5, 5.41) is 3.55. The van der Waals surface area contributed by atoms with Gasteiger partial charge in [-0.3, -0.25) is 0 Å². The van der Waals surface area contributed by atoms with E-state index in [-0.39, 0.29) is 0 Å². The maximum atomic E-state index is 13.3. The molecule has 1 aliphatic rings. The molecule has 0 radical (unpaired) electrons. The minimum Gasteiger partial charge on any atom is -0.381 e. The lowest BCUT2D eigenvalue weighted by Crippen LogP contribution is -2.41. The largest absolute Gasteiger partial charge is 0.381 e. The van der Waals surface area contributed by atoms with Crippen molar-refractivity contribution in [3.8, 4) is 0 Å². The Morgan fingerprint density at radius 1 is 1.25 bits per heavy atom. The smallest absolute Gasteiger partial charge is 0.159 e. The lowest BCUT2D eigenvalue weighted by atomic mass is 9.87. The molecular weight excluding hydrogens is 260 g/mol. The molecule has 4 heteroatoms. The summed E-state index contributed by atoms with van der Waals surface area (Å²) in [5.74, 6) is -0.995. The van der Waals surface area contributed by atoms with Gasteiger partial charge >= 0.3 is 0 Å². The van der Waals surface area contributed by atoms with Crippen LogP contribution in [-0.2, 0) is 11.2 Å². The number of benzene rings is 1. The van der Waals surface area contributed by atoms with Gasteiger partial charge < -0.3 is 10.1 Å². The minimum atomic E-state index is -0.780. The molecule has 0 aromatic heterocycles. The third-order valence-electron chi connectivity index (χ3n) is 3.93. The Morgan fingerprint density at radius 2 is 2.00 bits per heavy atom. The lowest BCUT2D eigenvalue weighted by Gasteiger charge is -2.31. The highest BCUT2D eigenvalue weighted by atomic mass is 19.2. The summed E-state index contributed by atoms with van der Waals surface area (Å²) in [4.78, 5) is 0. The third-order valence-corrected chi connectivity index (χ3v) is 3.93. The predicted molar refractivity (Wildman–Crippen MR) is 75.7 cm³/mol. The molecular formula is C16H23F2NO. The highest BCUT2D eigenvalue weighted by Crippen LogP contribution is 2.22. The van der Waals surface area contributed by atoms with Crippen molar-refractivity contribution in [2.75, 3.05) is 19.8 Å². The Morgan fingerprint density at radius 3 is 2.65 bits per heavy atom. The summed E-state index contributed by atoms with van der Waals surface area (Å²) in [6, 6.07) is 4.52. The van der Waals surface area contributed by atoms with Crippen molar-refractivity contribution in [3.63, 3.8) is 0 Å². The molecule has 2 rings (SSSR count). The number of rotatable bonds is 6. The van der Waals surface area contributed by atoms with Crippen LogP contribution in [0.25, 0.3) is 0 Å². The van der Waals surface area contributed by atoms with E-state index in [4.69, 9.17) is 4.74 Å². The summed E-state index contributed by atoms with van der Waals surface area (Å²) >= 11 is 0. The second-order valence-corrected chi connectivity index (χ2v) is 5.46. The van der Waals surface area contributed by atoms with Crippen LogP contribution in [0.4, 0.5) is 8.78 Å². The molecule has 0 bridgehead atoms. The average Bonchev–Trinajstić information content (AvgIpc) is 2.48. The van der Waals surface area contributed by atoms with Gasteiger partial charge in [0.2, 0.25) is 0 Å². The Kier molecular flexibility index (Phi) is 5.92. The number of hydrogen-bond donors (Lipinski definition) is 1. The molecule has 20 heavy (non-hydrogen) atoms. The number of halogens is 2. The van der Waals surface area contributed by atoms with Crippen molar-refractivity contribution in [1.29, 1.82) is 0 Å². The van der Waals surface area contributed by atoms with Gasteiger partial charge in [-0.25, -0.2) is 8.78 Å². The van der Waals surface area contributed by atoms with Crippen LogP contribution in [-0.4, -0.2) is 25.8 Å². The molecule has 1 aromatic rings. The van der Waals surface area contributed by atoms with E-state index in [1.165, 1.54) is 12.1 Å². The van der Waals surface area contributed by atoms with E-state index in [9.17, 15) is 8.78 Å². The summed E-state index contributed by atoms with van der Waals surface area (Å²) in [7, 11) is 0. The van der Waals surface area contributed by atoms with Crippen molar-refractivity contribution in [3.05, 3.63) is 35.4 Å². The molecule has 1 saturated heterocycles. The van der Waals surface area contributed by atoms with E-state index >= 15 is 0 Å². The highest BCUT2D eigenvalue weighted by molar-refractivity contribution is 5.19. The number of ether oxygens (including phenoxy) is 1. The molecule has 1 atom stereocenters. The van der Waals surface area contributed by atoms with E-state index in [0.717, 1.165) is 51.0 Å². The topological polar surface area (TPSA) is 21.3 Å². The van der Waals surface area contributed by atoms with Crippen LogP contribution < -0.4 is 5.32 Å². The SMILES string of the molecule is CCCNC(Cc1ccc(F)c(F)c1)C1CCOCC1. The zero-order valence-electron chi connectivity index (χ0n) is 12.0. The van der Waals surface area contributed by atoms with Crippen LogP contribution in [0.3, 0.4) is 0 Å². The summed E-state index contributed by atoms with van der Waals surface area (Å²) < 4.78 is 31.7. The van der Waals surface area contributed by atoms with Crippen LogP contribution >= 0.6 is 0 Å². The van der Waals surface area contributed by atoms with Crippen LogP contribution in [0.1, 0.15) is 31.7 Å². The monoisotopic (exact) mass is 283 g/mol.